The van der Waals surface area contributed by atoms with E-state index in [0.29, 0.717) is 11.6 Å². The number of hydrogen-bond donors (Lipinski definition) is 0. The molecule has 0 aliphatic carbocycles. The minimum absolute atomic E-state index is 0.318. The summed E-state index contributed by atoms with van der Waals surface area (Å²) in [5.41, 5.74) is -0.688. The minimum Gasteiger partial charge on any atom is -0.453 e. The number of furan rings is 1. The standard InChI is InChI=1S/C12H17NO4/c1-8-6-7-9(16-8)13(5)10(14)11(15)17-12(2,3)4/h6-7H,1-5H3. The van der Waals surface area contributed by atoms with E-state index >= 15 is 0 Å². The third kappa shape index (κ3) is 3.62. The van der Waals surface area contributed by atoms with E-state index in [1.807, 2.05) is 0 Å². The lowest BCUT2D eigenvalue weighted by atomic mass is 10.2. The van der Waals surface area contributed by atoms with Crippen molar-refractivity contribution in [2.75, 3.05) is 11.9 Å². The van der Waals surface area contributed by atoms with E-state index in [9.17, 15) is 9.59 Å². The van der Waals surface area contributed by atoms with Crippen molar-refractivity contribution in [1.29, 1.82) is 0 Å². The van der Waals surface area contributed by atoms with Crippen molar-refractivity contribution in [2.45, 2.75) is 33.3 Å². The second kappa shape index (κ2) is 4.61. The van der Waals surface area contributed by atoms with E-state index in [0.717, 1.165) is 4.90 Å². The van der Waals surface area contributed by atoms with Gasteiger partial charge in [0.25, 0.3) is 0 Å². The van der Waals surface area contributed by atoms with Crippen LogP contribution in [0.15, 0.2) is 16.5 Å². The molecule has 1 heterocycles. The predicted molar refractivity (Wildman–Crippen MR) is 62.7 cm³/mol. The van der Waals surface area contributed by atoms with Crippen molar-refractivity contribution >= 4 is 17.8 Å². The maximum Gasteiger partial charge on any atom is 0.398 e. The lowest BCUT2D eigenvalue weighted by Gasteiger charge is -2.20. The number of anilines is 1. The maximum atomic E-state index is 11.7. The summed E-state index contributed by atoms with van der Waals surface area (Å²) in [5, 5.41) is 0. The van der Waals surface area contributed by atoms with E-state index in [4.69, 9.17) is 9.15 Å². The number of amides is 1. The molecule has 5 nitrogen and oxygen atoms in total. The van der Waals surface area contributed by atoms with Crippen LogP contribution in [0, 0.1) is 6.92 Å². The smallest absolute Gasteiger partial charge is 0.398 e. The monoisotopic (exact) mass is 239 g/mol. The zero-order valence-electron chi connectivity index (χ0n) is 10.7. The molecule has 0 atom stereocenters. The predicted octanol–water partition coefficient (Wildman–Crippen LogP) is 1.89. The Balaban J connectivity index is 2.74. The van der Waals surface area contributed by atoms with Gasteiger partial charge in [0.05, 0.1) is 0 Å². The fourth-order valence-electron chi connectivity index (χ4n) is 1.16. The first-order valence-electron chi connectivity index (χ1n) is 5.28. The van der Waals surface area contributed by atoms with Crippen molar-refractivity contribution < 1.29 is 18.7 Å². The molecule has 94 valence electrons. The molecule has 0 saturated heterocycles. The Morgan fingerprint density at radius 2 is 1.88 bits per heavy atom. The molecule has 0 radical (unpaired) electrons. The molecule has 5 heteroatoms. The highest BCUT2D eigenvalue weighted by molar-refractivity contribution is 6.37. The molecule has 17 heavy (non-hydrogen) atoms. The number of carbonyl (C=O) groups excluding carboxylic acids is 2. The van der Waals surface area contributed by atoms with E-state index in [1.54, 1.807) is 39.8 Å². The van der Waals surface area contributed by atoms with E-state index in [-0.39, 0.29) is 0 Å². The molecule has 1 aromatic rings. The number of carbonyl (C=O) groups is 2. The van der Waals surface area contributed by atoms with E-state index < -0.39 is 17.5 Å². The summed E-state index contributed by atoms with van der Waals surface area (Å²) in [6, 6.07) is 3.34. The zero-order valence-corrected chi connectivity index (χ0v) is 10.7. The van der Waals surface area contributed by atoms with Gasteiger partial charge in [0.1, 0.15) is 11.4 Å². The molecule has 1 aromatic heterocycles. The Kier molecular flexibility index (Phi) is 3.60. The van der Waals surface area contributed by atoms with Gasteiger partial charge in [-0.25, -0.2) is 4.79 Å². The number of ether oxygens (including phenoxy) is 1. The van der Waals surface area contributed by atoms with Gasteiger partial charge in [-0.2, -0.15) is 0 Å². The normalized spacial score (nSPS) is 11.1. The minimum atomic E-state index is -0.894. The van der Waals surface area contributed by atoms with Crippen molar-refractivity contribution in [3.8, 4) is 0 Å². The van der Waals surface area contributed by atoms with Crippen LogP contribution in [0.25, 0.3) is 0 Å². The molecule has 0 saturated carbocycles. The highest BCUT2D eigenvalue weighted by Crippen LogP contribution is 2.17. The van der Waals surface area contributed by atoms with Gasteiger partial charge in [-0.3, -0.25) is 9.69 Å². The topological polar surface area (TPSA) is 59.8 Å². The summed E-state index contributed by atoms with van der Waals surface area (Å²) in [7, 11) is 1.46. The lowest BCUT2D eigenvalue weighted by molar-refractivity contribution is -0.162. The SMILES string of the molecule is Cc1ccc(N(C)C(=O)C(=O)OC(C)(C)C)o1. The first-order chi connectivity index (χ1) is 7.70. The first-order valence-corrected chi connectivity index (χ1v) is 5.28. The second-order valence-corrected chi connectivity index (χ2v) is 4.75. The Morgan fingerprint density at radius 3 is 2.29 bits per heavy atom. The molecule has 0 unspecified atom stereocenters. The molecular weight excluding hydrogens is 222 g/mol. The van der Waals surface area contributed by atoms with Crippen molar-refractivity contribution in [3.63, 3.8) is 0 Å². The zero-order chi connectivity index (χ0) is 13.2. The molecule has 1 rings (SSSR count). The molecule has 0 N–H and O–H groups in total. The van der Waals surface area contributed by atoms with Gasteiger partial charge in [-0.15, -0.1) is 0 Å². The third-order valence-corrected chi connectivity index (χ3v) is 1.93. The van der Waals surface area contributed by atoms with Gasteiger partial charge < -0.3 is 9.15 Å². The molecule has 0 spiro atoms. The highest BCUT2D eigenvalue weighted by Gasteiger charge is 2.27. The highest BCUT2D eigenvalue weighted by atomic mass is 16.6. The molecule has 0 fully saturated rings. The number of hydrogen-bond acceptors (Lipinski definition) is 4. The van der Waals surface area contributed by atoms with E-state index in [2.05, 4.69) is 0 Å². The van der Waals surface area contributed by atoms with Crippen LogP contribution in [0.5, 0.6) is 0 Å². The average Bonchev–Trinajstić information content (AvgIpc) is 2.60. The molecule has 0 aliphatic heterocycles. The van der Waals surface area contributed by atoms with Gasteiger partial charge in [-0.1, -0.05) is 0 Å². The summed E-state index contributed by atoms with van der Waals surface area (Å²) in [4.78, 5) is 24.4. The number of esters is 1. The Bertz CT molecular complexity index is 428. The largest absolute Gasteiger partial charge is 0.453 e. The summed E-state index contributed by atoms with van der Waals surface area (Å²) in [5.74, 6) is -0.662. The van der Waals surface area contributed by atoms with Crippen LogP contribution in [0.4, 0.5) is 5.88 Å². The fourth-order valence-corrected chi connectivity index (χ4v) is 1.16. The van der Waals surface area contributed by atoms with Crippen molar-refractivity contribution in [3.05, 3.63) is 17.9 Å². The summed E-state index contributed by atoms with van der Waals surface area (Å²) in [6.07, 6.45) is 0. The van der Waals surface area contributed by atoms with Crippen LogP contribution >= 0.6 is 0 Å². The Labute approximate surface area is 100 Å². The van der Waals surface area contributed by atoms with E-state index in [1.165, 1.54) is 7.05 Å². The molecular formula is C12H17NO4. The first kappa shape index (κ1) is 13.3. The third-order valence-electron chi connectivity index (χ3n) is 1.93. The molecule has 0 aromatic carbocycles. The molecule has 0 bridgehead atoms. The van der Waals surface area contributed by atoms with Gasteiger partial charge in [0, 0.05) is 13.1 Å². The number of aryl methyl sites for hydroxylation is 1. The van der Waals surface area contributed by atoms with Crippen LogP contribution in [-0.2, 0) is 14.3 Å². The van der Waals surface area contributed by atoms with Crippen molar-refractivity contribution in [1.82, 2.24) is 0 Å². The lowest BCUT2D eigenvalue weighted by Crippen LogP contribution is -2.38. The number of likely N-dealkylation sites (N-methyl/N-ethyl adjacent to an activating group) is 1. The van der Waals surface area contributed by atoms with Crippen LogP contribution in [0.1, 0.15) is 26.5 Å². The van der Waals surface area contributed by atoms with Crippen LogP contribution < -0.4 is 4.90 Å². The fraction of sp³-hybridized carbons (Fsp3) is 0.500. The van der Waals surface area contributed by atoms with Gasteiger partial charge in [-0.05, 0) is 33.8 Å². The number of rotatable bonds is 1. The maximum absolute atomic E-state index is 11.7. The molecule has 1 amide bonds. The molecule has 0 aliphatic rings. The summed E-state index contributed by atoms with van der Waals surface area (Å²) >= 11 is 0. The van der Waals surface area contributed by atoms with Crippen LogP contribution in [0.3, 0.4) is 0 Å². The summed E-state index contributed by atoms with van der Waals surface area (Å²) in [6.45, 7) is 6.87. The van der Waals surface area contributed by atoms with Gasteiger partial charge >= 0.3 is 11.9 Å². The van der Waals surface area contributed by atoms with Gasteiger partial charge in [0.15, 0.2) is 0 Å². The van der Waals surface area contributed by atoms with Gasteiger partial charge in [0.2, 0.25) is 5.88 Å². The Hall–Kier alpha value is -1.78. The van der Waals surface area contributed by atoms with Crippen LogP contribution in [-0.4, -0.2) is 24.5 Å². The second-order valence-electron chi connectivity index (χ2n) is 4.75. The quantitative estimate of drug-likeness (QED) is 0.554. The number of nitrogens with zero attached hydrogens (tertiary/aromatic N) is 1. The Morgan fingerprint density at radius 1 is 1.29 bits per heavy atom. The summed E-state index contributed by atoms with van der Waals surface area (Å²) < 4.78 is 10.2. The average molecular weight is 239 g/mol. The van der Waals surface area contributed by atoms with Crippen molar-refractivity contribution in [2.24, 2.45) is 0 Å². The van der Waals surface area contributed by atoms with Crippen LogP contribution in [0.2, 0.25) is 0 Å².